The summed E-state index contributed by atoms with van der Waals surface area (Å²) in [5, 5.41) is 18.2. The first-order valence-corrected chi connectivity index (χ1v) is 7.57. The van der Waals surface area contributed by atoms with Gasteiger partial charge < -0.3 is 9.67 Å². The van der Waals surface area contributed by atoms with Crippen LogP contribution in [0.4, 0.5) is 0 Å². The smallest absolute Gasteiger partial charge is 0.314 e. The average molecular weight is 267 g/mol. The Hall–Kier alpha value is -1.04. The molecule has 1 saturated heterocycles. The lowest BCUT2D eigenvalue weighted by molar-refractivity contribution is -0.139. The SMILES string of the molecule is O=C(O)C1CCCn2c(CC3CCCS3)nnc21. The highest BCUT2D eigenvalue weighted by Crippen LogP contribution is 2.31. The second-order valence-electron chi connectivity index (χ2n) is 5.00. The number of carboxylic acids is 1. The van der Waals surface area contributed by atoms with Gasteiger partial charge in [0, 0.05) is 18.2 Å². The van der Waals surface area contributed by atoms with E-state index in [2.05, 4.69) is 10.2 Å². The monoisotopic (exact) mass is 267 g/mol. The molecular weight excluding hydrogens is 250 g/mol. The van der Waals surface area contributed by atoms with Gasteiger partial charge in [0.05, 0.1) is 0 Å². The van der Waals surface area contributed by atoms with Crippen LogP contribution in [0.15, 0.2) is 0 Å². The minimum Gasteiger partial charge on any atom is -0.481 e. The van der Waals surface area contributed by atoms with Gasteiger partial charge in [-0.2, -0.15) is 11.8 Å². The van der Waals surface area contributed by atoms with E-state index in [9.17, 15) is 9.90 Å². The number of carbonyl (C=O) groups is 1. The molecule has 5 nitrogen and oxygen atoms in total. The average Bonchev–Trinajstić information content (AvgIpc) is 2.99. The summed E-state index contributed by atoms with van der Waals surface area (Å²) in [6, 6.07) is 0. The van der Waals surface area contributed by atoms with Crippen molar-refractivity contribution in [3.8, 4) is 0 Å². The molecular formula is C12H17N3O2S. The molecule has 1 N–H and O–H groups in total. The standard InChI is InChI=1S/C12H17N3O2S/c16-12(17)9-4-1-5-15-10(13-14-11(9)15)7-8-3-2-6-18-8/h8-9H,1-7H2,(H,16,17). The Bertz CT molecular complexity index is 454. The number of aromatic nitrogens is 3. The highest BCUT2D eigenvalue weighted by atomic mass is 32.2. The van der Waals surface area contributed by atoms with E-state index in [1.165, 1.54) is 18.6 Å². The van der Waals surface area contributed by atoms with Crippen molar-refractivity contribution in [3.63, 3.8) is 0 Å². The third kappa shape index (κ3) is 2.13. The van der Waals surface area contributed by atoms with Crippen LogP contribution in [-0.2, 0) is 17.8 Å². The van der Waals surface area contributed by atoms with Crippen LogP contribution in [0.2, 0.25) is 0 Å². The summed E-state index contributed by atoms with van der Waals surface area (Å²) in [5.74, 6) is 1.65. The van der Waals surface area contributed by atoms with Crippen LogP contribution in [0.25, 0.3) is 0 Å². The van der Waals surface area contributed by atoms with Crippen LogP contribution >= 0.6 is 11.8 Å². The zero-order chi connectivity index (χ0) is 12.5. The van der Waals surface area contributed by atoms with E-state index >= 15 is 0 Å². The van der Waals surface area contributed by atoms with E-state index in [0.29, 0.717) is 17.5 Å². The molecule has 2 unspecified atom stereocenters. The molecule has 2 aliphatic rings. The van der Waals surface area contributed by atoms with Crippen molar-refractivity contribution in [2.24, 2.45) is 0 Å². The van der Waals surface area contributed by atoms with E-state index in [1.54, 1.807) is 0 Å². The molecule has 0 saturated carbocycles. The molecule has 2 atom stereocenters. The summed E-state index contributed by atoms with van der Waals surface area (Å²) < 4.78 is 2.04. The van der Waals surface area contributed by atoms with Crippen molar-refractivity contribution in [1.82, 2.24) is 14.8 Å². The number of fused-ring (bicyclic) bond motifs is 1. The van der Waals surface area contributed by atoms with Gasteiger partial charge in [-0.05, 0) is 31.4 Å². The van der Waals surface area contributed by atoms with Gasteiger partial charge in [-0.3, -0.25) is 4.79 Å². The number of aliphatic carboxylic acids is 1. The summed E-state index contributed by atoms with van der Waals surface area (Å²) >= 11 is 2.00. The van der Waals surface area contributed by atoms with Crippen molar-refractivity contribution in [1.29, 1.82) is 0 Å². The fourth-order valence-electron chi connectivity index (χ4n) is 2.83. The molecule has 0 bridgehead atoms. The second-order valence-corrected chi connectivity index (χ2v) is 6.41. The summed E-state index contributed by atoms with van der Waals surface area (Å²) in [5.41, 5.74) is 0. The Balaban J connectivity index is 1.82. The first-order valence-electron chi connectivity index (χ1n) is 6.52. The van der Waals surface area contributed by atoms with Crippen molar-refractivity contribution < 1.29 is 9.90 Å². The van der Waals surface area contributed by atoms with E-state index in [-0.39, 0.29) is 0 Å². The molecule has 3 rings (SSSR count). The van der Waals surface area contributed by atoms with Gasteiger partial charge >= 0.3 is 5.97 Å². The zero-order valence-corrected chi connectivity index (χ0v) is 11.0. The van der Waals surface area contributed by atoms with Gasteiger partial charge in [-0.25, -0.2) is 0 Å². The van der Waals surface area contributed by atoms with Gasteiger partial charge in [-0.15, -0.1) is 10.2 Å². The molecule has 0 radical (unpaired) electrons. The first kappa shape index (κ1) is 12.0. The fourth-order valence-corrected chi connectivity index (χ4v) is 4.09. The molecule has 2 aliphatic heterocycles. The molecule has 0 amide bonds. The Labute approximate surface area is 110 Å². The molecule has 1 fully saturated rings. The van der Waals surface area contributed by atoms with Crippen LogP contribution in [0, 0.1) is 0 Å². The van der Waals surface area contributed by atoms with Crippen LogP contribution in [-0.4, -0.2) is 36.8 Å². The van der Waals surface area contributed by atoms with Crippen molar-refractivity contribution in [2.75, 3.05) is 5.75 Å². The van der Waals surface area contributed by atoms with E-state index < -0.39 is 11.9 Å². The van der Waals surface area contributed by atoms with E-state index in [4.69, 9.17) is 0 Å². The normalized spacial score (nSPS) is 27.1. The molecule has 18 heavy (non-hydrogen) atoms. The van der Waals surface area contributed by atoms with Gasteiger partial charge in [0.25, 0.3) is 0 Å². The lowest BCUT2D eigenvalue weighted by atomic mass is 9.99. The van der Waals surface area contributed by atoms with Crippen LogP contribution in [0.3, 0.4) is 0 Å². The fraction of sp³-hybridized carbons (Fsp3) is 0.750. The molecule has 98 valence electrons. The number of hydrogen-bond acceptors (Lipinski definition) is 4. The maximum Gasteiger partial charge on any atom is 0.314 e. The molecule has 0 aliphatic carbocycles. The molecule has 6 heteroatoms. The Morgan fingerprint density at radius 2 is 2.28 bits per heavy atom. The molecule has 0 aromatic carbocycles. The van der Waals surface area contributed by atoms with Crippen LogP contribution in [0.1, 0.15) is 43.3 Å². The summed E-state index contributed by atoms with van der Waals surface area (Å²) in [6.45, 7) is 0.874. The van der Waals surface area contributed by atoms with Gasteiger partial charge in [0.1, 0.15) is 17.6 Å². The van der Waals surface area contributed by atoms with Gasteiger partial charge in [0.15, 0.2) is 0 Å². The number of hydrogen-bond donors (Lipinski definition) is 1. The van der Waals surface area contributed by atoms with E-state index in [1.807, 2.05) is 16.3 Å². The molecule has 1 aromatic rings. The second kappa shape index (κ2) is 4.91. The van der Waals surface area contributed by atoms with Crippen molar-refractivity contribution in [3.05, 3.63) is 11.6 Å². The summed E-state index contributed by atoms with van der Waals surface area (Å²) in [7, 11) is 0. The highest BCUT2D eigenvalue weighted by Gasteiger charge is 2.31. The molecule has 0 spiro atoms. The highest BCUT2D eigenvalue weighted by molar-refractivity contribution is 8.00. The summed E-state index contributed by atoms with van der Waals surface area (Å²) in [4.78, 5) is 11.2. The largest absolute Gasteiger partial charge is 0.481 e. The Morgan fingerprint density at radius 1 is 1.39 bits per heavy atom. The predicted molar refractivity (Wildman–Crippen MR) is 68.8 cm³/mol. The molecule has 3 heterocycles. The number of rotatable bonds is 3. The maximum atomic E-state index is 11.2. The molecule has 1 aromatic heterocycles. The minimum atomic E-state index is -0.773. The number of nitrogens with zero attached hydrogens (tertiary/aromatic N) is 3. The number of thioether (sulfide) groups is 1. The Kier molecular flexibility index (Phi) is 3.28. The van der Waals surface area contributed by atoms with Gasteiger partial charge in [-0.1, -0.05) is 0 Å². The van der Waals surface area contributed by atoms with Crippen LogP contribution < -0.4 is 0 Å². The first-order chi connectivity index (χ1) is 8.75. The van der Waals surface area contributed by atoms with Crippen LogP contribution in [0.5, 0.6) is 0 Å². The predicted octanol–water partition coefficient (Wildman–Crippen LogP) is 1.68. The van der Waals surface area contributed by atoms with Gasteiger partial charge in [0.2, 0.25) is 0 Å². The zero-order valence-electron chi connectivity index (χ0n) is 10.2. The minimum absolute atomic E-state index is 0.462. The third-order valence-corrected chi connectivity index (χ3v) is 5.17. The lowest BCUT2D eigenvalue weighted by Crippen LogP contribution is -2.24. The lowest BCUT2D eigenvalue weighted by Gasteiger charge is -2.21. The third-order valence-electron chi connectivity index (χ3n) is 3.77. The van der Waals surface area contributed by atoms with E-state index in [0.717, 1.165) is 25.2 Å². The maximum absolute atomic E-state index is 11.2. The van der Waals surface area contributed by atoms with Crippen molar-refractivity contribution >= 4 is 17.7 Å². The quantitative estimate of drug-likeness (QED) is 0.902. The summed E-state index contributed by atoms with van der Waals surface area (Å²) in [6.07, 6.45) is 5.06. The Morgan fingerprint density at radius 3 is 3.00 bits per heavy atom. The number of carboxylic acid groups (broad SMARTS) is 1. The topological polar surface area (TPSA) is 68.0 Å². The van der Waals surface area contributed by atoms with Crippen molar-refractivity contribution in [2.45, 2.75) is 49.8 Å².